The van der Waals surface area contributed by atoms with Gasteiger partial charge in [0.2, 0.25) is 5.91 Å². The number of anilines is 1. The zero-order valence-corrected chi connectivity index (χ0v) is 20.9. The highest BCUT2D eigenvalue weighted by Crippen LogP contribution is 2.31. The molecule has 3 aromatic rings. The number of carbonyl (C=O) groups excluding carboxylic acids is 2. The molecule has 188 valence electrons. The number of fused-ring (bicyclic) bond motifs is 4. The van der Waals surface area contributed by atoms with Crippen molar-refractivity contribution in [1.29, 1.82) is 0 Å². The van der Waals surface area contributed by atoms with Crippen LogP contribution in [-0.4, -0.2) is 70.9 Å². The van der Waals surface area contributed by atoms with Crippen LogP contribution >= 0.6 is 0 Å². The average molecular weight is 488 g/mol. The van der Waals surface area contributed by atoms with Gasteiger partial charge in [0, 0.05) is 31.7 Å². The first kappa shape index (κ1) is 23.0. The van der Waals surface area contributed by atoms with Crippen LogP contribution in [0.4, 0.5) is 6.01 Å². The minimum Gasteiger partial charge on any atom is -0.423 e. The first-order valence-corrected chi connectivity index (χ1v) is 13.0. The van der Waals surface area contributed by atoms with E-state index >= 15 is 0 Å². The summed E-state index contributed by atoms with van der Waals surface area (Å²) in [6, 6.07) is 15.7. The maximum atomic E-state index is 13.3. The lowest BCUT2D eigenvalue weighted by Gasteiger charge is -2.44. The predicted octanol–water partition coefficient (Wildman–Crippen LogP) is 3.28. The molecule has 5 heterocycles. The zero-order chi connectivity index (χ0) is 24.8. The molecule has 0 unspecified atom stereocenters. The summed E-state index contributed by atoms with van der Waals surface area (Å²) in [5.41, 5.74) is 2.74. The molecule has 3 atom stereocenters. The van der Waals surface area contributed by atoms with Gasteiger partial charge in [-0.15, -0.1) is 0 Å². The number of hydrogen-bond donors (Lipinski definition) is 1. The number of carbonyl (C=O) groups is 2. The van der Waals surface area contributed by atoms with Crippen LogP contribution in [0.2, 0.25) is 0 Å². The summed E-state index contributed by atoms with van der Waals surface area (Å²) in [5.74, 6) is 0.481. The van der Waals surface area contributed by atoms with Crippen molar-refractivity contribution in [3.63, 3.8) is 0 Å². The summed E-state index contributed by atoms with van der Waals surface area (Å²) < 4.78 is 6.14. The molecule has 36 heavy (non-hydrogen) atoms. The van der Waals surface area contributed by atoms with Gasteiger partial charge >= 0.3 is 0 Å². The Bertz CT molecular complexity index is 1270. The molecule has 1 aromatic heterocycles. The zero-order valence-electron chi connectivity index (χ0n) is 20.9. The number of nitrogens with one attached hydrogen (secondary N) is 1. The fourth-order valence-electron chi connectivity index (χ4n) is 6.17. The first-order chi connectivity index (χ1) is 17.5. The van der Waals surface area contributed by atoms with E-state index in [1.54, 1.807) is 6.07 Å². The molecule has 8 heteroatoms. The molecule has 0 radical (unpaired) electrons. The van der Waals surface area contributed by atoms with Gasteiger partial charge < -0.3 is 24.4 Å². The minimum absolute atomic E-state index is 0.0126. The highest BCUT2D eigenvalue weighted by atomic mass is 16.4. The lowest BCUT2D eigenvalue weighted by molar-refractivity contribution is -0.135. The van der Waals surface area contributed by atoms with E-state index in [0.29, 0.717) is 41.7 Å². The molecular formula is C28H33N5O3. The van der Waals surface area contributed by atoms with Crippen molar-refractivity contribution in [3.05, 3.63) is 59.7 Å². The summed E-state index contributed by atoms with van der Waals surface area (Å²) in [5, 5.41) is 3.26. The van der Waals surface area contributed by atoms with Crippen molar-refractivity contribution in [2.24, 2.45) is 5.92 Å². The van der Waals surface area contributed by atoms with Crippen molar-refractivity contribution >= 4 is 28.9 Å². The van der Waals surface area contributed by atoms with E-state index in [1.807, 2.05) is 59.2 Å². The third-order valence-corrected chi connectivity index (χ3v) is 8.11. The molecule has 8 nitrogen and oxygen atoms in total. The number of piperazine rings is 1. The van der Waals surface area contributed by atoms with Gasteiger partial charge in [0.15, 0.2) is 5.58 Å². The van der Waals surface area contributed by atoms with E-state index in [0.717, 1.165) is 38.0 Å². The number of nitrogens with zero attached hydrogens (tertiary/aromatic N) is 4. The molecule has 0 aliphatic carbocycles. The Labute approximate surface area is 211 Å². The van der Waals surface area contributed by atoms with Crippen LogP contribution in [0.15, 0.2) is 52.9 Å². The molecule has 4 saturated heterocycles. The Morgan fingerprint density at radius 1 is 1.06 bits per heavy atom. The molecule has 4 aliphatic rings. The summed E-state index contributed by atoms with van der Waals surface area (Å²) in [6.45, 7) is 8.31. The van der Waals surface area contributed by atoms with E-state index in [2.05, 4.69) is 17.1 Å². The quantitative estimate of drug-likeness (QED) is 0.595. The Morgan fingerprint density at radius 3 is 2.56 bits per heavy atom. The molecule has 2 bridgehead atoms. The number of piperidine rings is 3. The van der Waals surface area contributed by atoms with Crippen molar-refractivity contribution < 1.29 is 14.0 Å². The summed E-state index contributed by atoms with van der Waals surface area (Å²) in [6.07, 6.45) is 2.28. The minimum atomic E-state index is -0.422. The number of aromatic nitrogens is 1. The van der Waals surface area contributed by atoms with Gasteiger partial charge in [-0.25, -0.2) is 0 Å². The van der Waals surface area contributed by atoms with Crippen LogP contribution in [0.25, 0.3) is 11.1 Å². The molecule has 2 aromatic carbocycles. The SMILES string of the molecule is C[C@H]1CN(Cc2ccccc2)C(=O)[C@H](C)N1c1nc2c(C(=O)N[C@@H]3CN4CCC3CC4)cccc2o1. The molecule has 4 fully saturated rings. The molecule has 0 spiro atoms. The average Bonchev–Trinajstić information content (AvgIpc) is 3.32. The van der Waals surface area contributed by atoms with Crippen LogP contribution in [0.5, 0.6) is 0 Å². The second kappa shape index (κ2) is 9.24. The smallest absolute Gasteiger partial charge is 0.299 e. The van der Waals surface area contributed by atoms with E-state index in [9.17, 15) is 9.59 Å². The number of oxazole rings is 1. The van der Waals surface area contributed by atoms with Gasteiger partial charge in [-0.1, -0.05) is 36.4 Å². The van der Waals surface area contributed by atoms with Crippen LogP contribution in [0.3, 0.4) is 0 Å². The second-order valence-electron chi connectivity index (χ2n) is 10.5. The maximum Gasteiger partial charge on any atom is 0.299 e. The number of benzene rings is 2. The van der Waals surface area contributed by atoms with Crippen LogP contribution < -0.4 is 10.2 Å². The molecule has 1 N–H and O–H groups in total. The Balaban J connectivity index is 1.22. The normalized spacial score (nSPS) is 28.1. The monoisotopic (exact) mass is 487 g/mol. The highest BCUT2D eigenvalue weighted by Gasteiger charge is 2.39. The molecule has 0 saturated carbocycles. The van der Waals surface area contributed by atoms with Crippen LogP contribution in [0.1, 0.15) is 42.6 Å². The first-order valence-electron chi connectivity index (χ1n) is 13.0. The van der Waals surface area contributed by atoms with E-state index in [1.165, 1.54) is 0 Å². The number of rotatable bonds is 5. The van der Waals surface area contributed by atoms with Gasteiger partial charge in [-0.3, -0.25) is 9.59 Å². The highest BCUT2D eigenvalue weighted by molar-refractivity contribution is 6.05. The summed E-state index contributed by atoms with van der Waals surface area (Å²) >= 11 is 0. The summed E-state index contributed by atoms with van der Waals surface area (Å²) in [7, 11) is 0. The maximum absolute atomic E-state index is 13.3. The molecule has 4 aliphatic heterocycles. The lowest BCUT2D eigenvalue weighted by Crippen LogP contribution is -2.60. The van der Waals surface area contributed by atoms with Crippen molar-refractivity contribution in [2.45, 2.75) is 51.4 Å². The van der Waals surface area contributed by atoms with Crippen LogP contribution in [-0.2, 0) is 11.3 Å². The second-order valence-corrected chi connectivity index (χ2v) is 10.5. The topological polar surface area (TPSA) is 81.9 Å². The number of hydrogen-bond acceptors (Lipinski definition) is 6. The van der Waals surface area contributed by atoms with Gasteiger partial charge in [0.05, 0.1) is 5.56 Å². The van der Waals surface area contributed by atoms with Crippen molar-refractivity contribution in [3.8, 4) is 0 Å². The Hall–Kier alpha value is -3.39. The molecular weight excluding hydrogens is 454 g/mol. The van der Waals surface area contributed by atoms with Gasteiger partial charge in [0.1, 0.15) is 11.6 Å². The lowest BCUT2D eigenvalue weighted by atomic mass is 9.84. The standard InChI is InChI=1S/C28H33N5O3/c1-18-15-32(16-20-7-4-3-5-8-20)27(35)19(2)33(18)28-30-25-22(9-6-10-24(25)36-28)26(34)29-23-17-31-13-11-21(23)12-14-31/h3-10,18-19,21,23H,11-17H2,1-2H3,(H,29,34)/t18-,19-,23+/m0/s1. The van der Waals surface area contributed by atoms with Gasteiger partial charge in [-0.2, -0.15) is 4.98 Å². The van der Waals surface area contributed by atoms with E-state index < -0.39 is 6.04 Å². The summed E-state index contributed by atoms with van der Waals surface area (Å²) in [4.78, 5) is 37.6. The predicted molar refractivity (Wildman–Crippen MR) is 138 cm³/mol. The number of amides is 2. The fourth-order valence-corrected chi connectivity index (χ4v) is 6.17. The largest absolute Gasteiger partial charge is 0.423 e. The van der Waals surface area contributed by atoms with Crippen molar-refractivity contribution in [2.75, 3.05) is 31.1 Å². The molecule has 2 amide bonds. The van der Waals surface area contributed by atoms with Crippen LogP contribution in [0, 0.1) is 5.92 Å². The van der Waals surface area contributed by atoms with Gasteiger partial charge in [0.25, 0.3) is 11.9 Å². The fraction of sp³-hybridized carbons (Fsp3) is 0.464. The van der Waals surface area contributed by atoms with E-state index in [-0.39, 0.29) is 23.9 Å². The van der Waals surface area contributed by atoms with Crippen molar-refractivity contribution in [1.82, 2.24) is 20.1 Å². The Kier molecular flexibility index (Phi) is 5.91. The third-order valence-electron chi connectivity index (χ3n) is 8.11. The molecule has 7 rings (SSSR count). The van der Waals surface area contributed by atoms with Gasteiger partial charge in [-0.05, 0) is 63.4 Å². The third kappa shape index (κ3) is 4.13. The Morgan fingerprint density at radius 2 is 1.83 bits per heavy atom. The van der Waals surface area contributed by atoms with E-state index in [4.69, 9.17) is 9.40 Å². The number of para-hydroxylation sites is 1.